The van der Waals surface area contributed by atoms with Crippen molar-refractivity contribution in [3.8, 4) is 0 Å². The Labute approximate surface area is 174 Å². The number of hydrogen-bond donors (Lipinski definition) is 0. The Kier molecular flexibility index (Phi) is 4.99. The van der Waals surface area contributed by atoms with Crippen LogP contribution in [0.1, 0.15) is 37.6 Å². The van der Waals surface area contributed by atoms with Crippen LogP contribution < -0.4 is 0 Å². The zero-order valence-electron chi connectivity index (χ0n) is 16.7. The van der Waals surface area contributed by atoms with E-state index in [1.165, 1.54) is 6.07 Å². The van der Waals surface area contributed by atoms with Crippen LogP contribution in [0, 0.1) is 5.82 Å². The number of benzene rings is 1. The average molecular weight is 416 g/mol. The predicted octanol–water partition coefficient (Wildman–Crippen LogP) is 5.17. The van der Waals surface area contributed by atoms with Crippen molar-refractivity contribution in [1.29, 1.82) is 0 Å². The highest BCUT2D eigenvalue weighted by Gasteiger charge is 2.30. The van der Waals surface area contributed by atoms with Crippen molar-refractivity contribution in [2.24, 2.45) is 0 Å². The number of ether oxygens (including phenoxy) is 1. The molecule has 152 valence electrons. The maximum absolute atomic E-state index is 14.5. The molecule has 0 unspecified atom stereocenters. The molecule has 0 N–H and O–H groups in total. The van der Waals surface area contributed by atoms with E-state index < -0.39 is 5.60 Å². The minimum Gasteiger partial charge on any atom is -0.444 e. The van der Waals surface area contributed by atoms with Gasteiger partial charge in [-0.15, -0.1) is 0 Å². The van der Waals surface area contributed by atoms with E-state index in [9.17, 15) is 9.18 Å². The molecule has 0 aliphatic carbocycles. The Morgan fingerprint density at radius 3 is 2.83 bits per heavy atom. The standard InChI is InChI=1S/C22H23ClFN3O2/c1-22(2,3)29-21(28)26-10-8-16-17-5-4-9-25-20(17)27(19(16)13-26)12-14-6-7-15(23)11-18(14)24/h4-7,9,11H,8,10,12-13H2,1-3H3. The summed E-state index contributed by atoms with van der Waals surface area (Å²) in [6.45, 7) is 6.84. The molecular formula is C22H23ClFN3O2. The molecule has 0 atom stereocenters. The molecule has 2 aromatic heterocycles. The second-order valence-electron chi connectivity index (χ2n) is 8.27. The lowest BCUT2D eigenvalue weighted by Crippen LogP contribution is -2.40. The van der Waals surface area contributed by atoms with Crippen molar-refractivity contribution in [3.05, 3.63) is 64.2 Å². The van der Waals surface area contributed by atoms with Gasteiger partial charge in [-0.3, -0.25) is 0 Å². The number of carbonyl (C=O) groups is 1. The van der Waals surface area contributed by atoms with Gasteiger partial charge < -0.3 is 14.2 Å². The van der Waals surface area contributed by atoms with Gasteiger partial charge in [-0.1, -0.05) is 17.7 Å². The summed E-state index contributed by atoms with van der Waals surface area (Å²) in [5, 5.41) is 1.40. The Morgan fingerprint density at radius 2 is 2.10 bits per heavy atom. The van der Waals surface area contributed by atoms with E-state index in [1.54, 1.807) is 23.2 Å². The zero-order valence-corrected chi connectivity index (χ0v) is 17.5. The highest BCUT2D eigenvalue weighted by molar-refractivity contribution is 6.30. The van der Waals surface area contributed by atoms with Crippen LogP contribution in [0.15, 0.2) is 36.5 Å². The maximum atomic E-state index is 14.5. The number of aromatic nitrogens is 2. The number of nitrogens with zero attached hydrogens (tertiary/aromatic N) is 3. The number of amides is 1. The number of pyridine rings is 1. The second kappa shape index (κ2) is 7.34. The van der Waals surface area contributed by atoms with Crippen LogP contribution in [0.25, 0.3) is 11.0 Å². The monoisotopic (exact) mass is 415 g/mol. The summed E-state index contributed by atoms with van der Waals surface area (Å²) in [5.74, 6) is -0.358. The Hall–Kier alpha value is -2.60. The zero-order chi connectivity index (χ0) is 20.8. The predicted molar refractivity (Wildman–Crippen MR) is 111 cm³/mol. The van der Waals surface area contributed by atoms with E-state index in [0.29, 0.717) is 36.6 Å². The highest BCUT2D eigenvalue weighted by Crippen LogP contribution is 2.31. The van der Waals surface area contributed by atoms with E-state index >= 15 is 0 Å². The molecule has 4 rings (SSSR count). The van der Waals surface area contributed by atoms with Crippen molar-refractivity contribution in [3.63, 3.8) is 0 Å². The summed E-state index contributed by atoms with van der Waals surface area (Å²) in [6.07, 6.45) is 2.09. The minimum atomic E-state index is -0.557. The van der Waals surface area contributed by atoms with Crippen molar-refractivity contribution in [1.82, 2.24) is 14.5 Å². The van der Waals surface area contributed by atoms with E-state index in [4.69, 9.17) is 16.3 Å². The van der Waals surface area contributed by atoms with Crippen molar-refractivity contribution < 1.29 is 13.9 Å². The first-order valence-corrected chi connectivity index (χ1v) is 9.97. The average Bonchev–Trinajstić information content (AvgIpc) is 2.96. The molecule has 0 radical (unpaired) electrons. The van der Waals surface area contributed by atoms with Gasteiger partial charge in [0, 0.05) is 34.4 Å². The van der Waals surface area contributed by atoms with E-state index in [1.807, 2.05) is 37.5 Å². The topological polar surface area (TPSA) is 47.4 Å². The van der Waals surface area contributed by atoms with Crippen LogP contribution in [0.2, 0.25) is 5.02 Å². The van der Waals surface area contributed by atoms with Crippen LogP contribution in [0.4, 0.5) is 9.18 Å². The molecule has 0 saturated carbocycles. The van der Waals surface area contributed by atoms with Crippen LogP contribution in [0.3, 0.4) is 0 Å². The maximum Gasteiger partial charge on any atom is 0.410 e. The molecule has 0 bridgehead atoms. The van der Waals surface area contributed by atoms with Crippen molar-refractivity contribution in [2.75, 3.05) is 6.54 Å². The molecule has 7 heteroatoms. The number of fused-ring (bicyclic) bond motifs is 3. The third kappa shape index (κ3) is 3.94. The first-order chi connectivity index (χ1) is 13.7. The summed E-state index contributed by atoms with van der Waals surface area (Å²) < 4.78 is 22.0. The largest absolute Gasteiger partial charge is 0.444 e. The van der Waals surface area contributed by atoms with Crippen LogP contribution >= 0.6 is 11.6 Å². The summed E-state index contributed by atoms with van der Waals surface area (Å²) >= 11 is 5.90. The Balaban J connectivity index is 1.74. The normalized spacial score (nSPS) is 14.2. The molecule has 1 aromatic carbocycles. The van der Waals surface area contributed by atoms with Gasteiger partial charge >= 0.3 is 6.09 Å². The first kappa shape index (κ1) is 19.7. The van der Waals surface area contributed by atoms with Crippen molar-refractivity contribution >= 4 is 28.7 Å². The number of rotatable bonds is 2. The molecule has 1 aliphatic heterocycles. The third-order valence-corrected chi connectivity index (χ3v) is 5.24. The number of halogens is 2. The lowest BCUT2D eigenvalue weighted by atomic mass is 10.0. The van der Waals surface area contributed by atoms with Crippen molar-refractivity contribution in [2.45, 2.75) is 45.9 Å². The fraction of sp³-hybridized carbons (Fsp3) is 0.364. The third-order valence-electron chi connectivity index (χ3n) is 5.01. The second-order valence-corrected chi connectivity index (χ2v) is 8.71. The fourth-order valence-corrected chi connectivity index (χ4v) is 3.89. The summed E-state index contributed by atoms with van der Waals surface area (Å²) in [6, 6.07) is 8.61. The molecule has 3 heterocycles. The Morgan fingerprint density at radius 1 is 1.31 bits per heavy atom. The van der Waals surface area contributed by atoms with E-state index in [2.05, 4.69) is 4.98 Å². The lowest BCUT2D eigenvalue weighted by Gasteiger charge is -2.31. The molecule has 1 aliphatic rings. The molecule has 0 saturated heterocycles. The van der Waals surface area contributed by atoms with Crippen LogP contribution in [-0.4, -0.2) is 32.7 Å². The van der Waals surface area contributed by atoms with Gasteiger partial charge in [0.05, 0.1) is 13.1 Å². The summed E-state index contributed by atoms with van der Waals surface area (Å²) in [4.78, 5) is 18.8. The molecule has 5 nitrogen and oxygen atoms in total. The molecule has 3 aromatic rings. The molecule has 0 fully saturated rings. The Bertz CT molecular complexity index is 1090. The fourth-order valence-electron chi connectivity index (χ4n) is 3.73. The molecule has 29 heavy (non-hydrogen) atoms. The number of hydrogen-bond acceptors (Lipinski definition) is 3. The summed E-state index contributed by atoms with van der Waals surface area (Å²) in [5.41, 5.74) is 2.87. The van der Waals surface area contributed by atoms with Gasteiger partial charge in [0.25, 0.3) is 0 Å². The van der Waals surface area contributed by atoms with Crippen LogP contribution in [-0.2, 0) is 24.2 Å². The van der Waals surface area contributed by atoms with E-state index in [-0.39, 0.29) is 11.9 Å². The quantitative estimate of drug-likeness (QED) is 0.580. The number of carbonyl (C=O) groups excluding carboxylic acids is 1. The highest BCUT2D eigenvalue weighted by atomic mass is 35.5. The molecular weight excluding hydrogens is 393 g/mol. The van der Waals surface area contributed by atoms with Gasteiger partial charge in [-0.05, 0) is 57.0 Å². The molecule has 1 amide bonds. The van der Waals surface area contributed by atoms with E-state index in [0.717, 1.165) is 22.3 Å². The van der Waals surface area contributed by atoms with Gasteiger partial charge in [0.2, 0.25) is 0 Å². The molecule has 0 spiro atoms. The van der Waals surface area contributed by atoms with Gasteiger partial charge in [-0.25, -0.2) is 14.2 Å². The first-order valence-electron chi connectivity index (χ1n) is 9.60. The van der Waals surface area contributed by atoms with Gasteiger partial charge in [0.1, 0.15) is 17.1 Å². The van der Waals surface area contributed by atoms with Gasteiger partial charge in [-0.2, -0.15) is 0 Å². The smallest absolute Gasteiger partial charge is 0.410 e. The minimum absolute atomic E-state index is 0.313. The lowest BCUT2D eigenvalue weighted by molar-refractivity contribution is 0.0219. The SMILES string of the molecule is CC(C)(C)OC(=O)N1CCc2c(n(Cc3ccc(Cl)cc3F)c3ncccc23)C1. The summed E-state index contributed by atoms with van der Waals surface area (Å²) in [7, 11) is 0. The van der Waals surface area contributed by atoms with Crippen LogP contribution in [0.5, 0.6) is 0 Å². The van der Waals surface area contributed by atoms with Gasteiger partial charge in [0.15, 0.2) is 0 Å².